The fourth-order valence-corrected chi connectivity index (χ4v) is 4.83. The highest BCUT2D eigenvalue weighted by molar-refractivity contribution is 6.34. The molecule has 0 unspecified atom stereocenters. The summed E-state index contributed by atoms with van der Waals surface area (Å²) in [5.41, 5.74) is 5.13. The molecule has 0 atom stereocenters. The molecule has 0 aliphatic heterocycles. The Balaban J connectivity index is 1.60. The maximum absolute atomic E-state index is 13.2. The van der Waals surface area contributed by atoms with E-state index in [9.17, 15) is 4.79 Å². The minimum atomic E-state index is -0.577. The summed E-state index contributed by atoms with van der Waals surface area (Å²) < 4.78 is 8.06. The quantitative estimate of drug-likeness (QED) is 0.155. The van der Waals surface area contributed by atoms with Crippen LogP contribution in [-0.4, -0.2) is 15.5 Å². The molecule has 5 rings (SSSR count). The number of fused-ring (bicyclic) bond motifs is 1. The normalized spacial score (nSPS) is 12.1. The molecule has 0 amide bonds. The molecule has 6 heteroatoms. The van der Waals surface area contributed by atoms with E-state index < -0.39 is 5.97 Å². The highest BCUT2D eigenvalue weighted by atomic mass is 35.5. The smallest absolute Gasteiger partial charge is 0.345 e. The van der Waals surface area contributed by atoms with Gasteiger partial charge in [-0.05, 0) is 52.9 Å². The molecule has 1 heterocycles. The van der Waals surface area contributed by atoms with Crippen LogP contribution < -0.4 is 0 Å². The number of esters is 1. The van der Waals surface area contributed by atoms with E-state index in [4.69, 9.17) is 32.9 Å². The van der Waals surface area contributed by atoms with Crippen LogP contribution in [0.25, 0.3) is 22.9 Å². The summed E-state index contributed by atoms with van der Waals surface area (Å²) in [5.74, 6) is 0.343. The lowest BCUT2D eigenvalue weighted by molar-refractivity contribution is 0.0694. The van der Waals surface area contributed by atoms with E-state index in [1.165, 1.54) is 5.56 Å². The monoisotopic (exact) mass is 554 g/mol. The Kier molecular flexibility index (Phi) is 7.60. The van der Waals surface area contributed by atoms with Gasteiger partial charge >= 0.3 is 5.97 Å². The van der Waals surface area contributed by atoms with Crippen molar-refractivity contribution < 1.29 is 9.53 Å². The summed E-state index contributed by atoms with van der Waals surface area (Å²) >= 11 is 12.8. The fourth-order valence-electron chi connectivity index (χ4n) is 4.39. The number of hydrogen-bond acceptors (Lipinski definition) is 3. The number of nitrogens with zero attached hydrogens (tertiary/aromatic N) is 2. The highest BCUT2D eigenvalue weighted by Crippen LogP contribution is 2.30. The summed E-state index contributed by atoms with van der Waals surface area (Å²) in [5, 5.41) is 0.767. The first kappa shape index (κ1) is 26.7. The van der Waals surface area contributed by atoms with Crippen LogP contribution in [0.15, 0.2) is 97.1 Å². The van der Waals surface area contributed by atoms with Crippen molar-refractivity contribution in [3.8, 4) is 0 Å². The van der Waals surface area contributed by atoms with Gasteiger partial charge in [-0.15, -0.1) is 0 Å². The second-order valence-corrected chi connectivity index (χ2v) is 11.2. The number of carbonyl (C=O) groups is 1. The number of benzene rings is 4. The van der Waals surface area contributed by atoms with Gasteiger partial charge in [0.25, 0.3) is 0 Å². The number of para-hydroxylation sites is 2. The van der Waals surface area contributed by atoms with Crippen molar-refractivity contribution >= 4 is 52.0 Å². The van der Waals surface area contributed by atoms with Gasteiger partial charge < -0.3 is 9.30 Å². The molecule has 0 aliphatic rings. The maximum Gasteiger partial charge on any atom is 0.345 e. The van der Waals surface area contributed by atoms with Gasteiger partial charge in [0.15, 0.2) is 0 Å². The van der Waals surface area contributed by atoms with E-state index in [1.807, 2.05) is 42.5 Å². The number of ether oxygens (including phenoxy) is 1. The standard InChI is InChI=1S/C33H28Cl2N2O2/c1-33(2,3)23-18-16-22(17-19-23)21-37-29-15-9-8-14-28(29)36-31(37)20-30(24-10-4-6-12-26(24)34)39-32(38)25-11-5-7-13-27(25)35/h4-20H,21H2,1-3H3/b30-20+. The Bertz CT molecular complexity index is 1680. The molecule has 0 bridgehead atoms. The molecule has 0 fully saturated rings. The third-order valence-electron chi connectivity index (χ3n) is 6.54. The van der Waals surface area contributed by atoms with Crippen LogP contribution in [0, 0.1) is 0 Å². The molecule has 0 aliphatic carbocycles. The molecule has 196 valence electrons. The van der Waals surface area contributed by atoms with E-state index in [0.717, 1.165) is 16.6 Å². The van der Waals surface area contributed by atoms with Crippen molar-refractivity contribution in [2.45, 2.75) is 32.7 Å². The number of halogens is 2. The molecule has 0 saturated carbocycles. The van der Waals surface area contributed by atoms with Gasteiger partial charge in [0, 0.05) is 18.2 Å². The third-order valence-corrected chi connectivity index (χ3v) is 7.20. The first-order valence-electron chi connectivity index (χ1n) is 12.7. The molecule has 1 aromatic heterocycles. The van der Waals surface area contributed by atoms with Gasteiger partial charge in [0.05, 0.1) is 26.6 Å². The van der Waals surface area contributed by atoms with Gasteiger partial charge in [-0.3, -0.25) is 0 Å². The van der Waals surface area contributed by atoms with E-state index >= 15 is 0 Å². The number of rotatable bonds is 6. The van der Waals surface area contributed by atoms with Crippen LogP contribution in [-0.2, 0) is 16.7 Å². The van der Waals surface area contributed by atoms with Gasteiger partial charge in [0.2, 0.25) is 0 Å². The second-order valence-electron chi connectivity index (χ2n) is 10.3. The average molecular weight is 556 g/mol. The van der Waals surface area contributed by atoms with Gasteiger partial charge in [-0.2, -0.15) is 0 Å². The molecule has 0 spiro atoms. The van der Waals surface area contributed by atoms with Crippen LogP contribution in [0.1, 0.15) is 53.6 Å². The number of hydrogen-bond donors (Lipinski definition) is 0. The van der Waals surface area contributed by atoms with Gasteiger partial charge in [-0.1, -0.05) is 105 Å². The Morgan fingerprint density at radius 1 is 0.821 bits per heavy atom. The summed E-state index contributed by atoms with van der Waals surface area (Å²) in [4.78, 5) is 18.1. The molecule has 0 N–H and O–H groups in total. The third kappa shape index (κ3) is 5.93. The predicted molar refractivity (Wildman–Crippen MR) is 160 cm³/mol. The van der Waals surface area contributed by atoms with Crippen molar-refractivity contribution in [1.29, 1.82) is 0 Å². The molecule has 5 aromatic rings. The Hall–Kier alpha value is -3.86. The van der Waals surface area contributed by atoms with E-state index in [-0.39, 0.29) is 16.7 Å². The zero-order valence-corrected chi connectivity index (χ0v) is 23.5. The number of carbonyl (C=O) groups excluding carboxylic acids is 1. The van der Waals surface area contributed by atoms with Crippen LogP contribution in [0.4, 0.5) is 0 Å². The van der Waals surface area contributed by atoms with Crippen molar-refractivity contribution in [3.05, 3.63) is 135 Å². The largest absolute Gasteiger partial charge is 0.422 e. The first-order chi connectivity index (χ1) is 18.7. The SMILES string of the molecule is CC(C)(C)c1ccc(Cn2c(/C=C(/OC(=O)c3ccccc3Cl)c3ccccc3Cl)nc3ccccc32)cc1. The minimum Gasteiger partial charge on any atom is -0.422 e. The lowest BCUT2D eigenvalue weighted by atomic mass is 9.87. The fraction of sp³-hybridized carbons (Fsp3) is 0.152. The summed E-state index contributed by atoms with van der Waals surface area (Å²) in [6.45, 7) is 7.20. The Morgan fingerprint density at radius 3 is 2.05 bits per heavy atom. The molecular weight excluding hydrogens is 527 g/mol. The Labute approximate surface area is 238 Å². The van der Waals surface area contributed by atoms with Gasteiger partial charge in [-0.25, -0.2) is 9.78 Å². The lowest BCUT2D eigenvalue weighted by Crippen LogP contribution is -2.11. The van der Waals surface area contributed by atoms with Gasteiger partial charge in [0.1, 0.15) is 11.6 Å². The highest BCUT2D eigenvalue weighted by Gasteiger charge is 2.19. The lowest BCUT2D eigenvalue weighted by Gasteiger charge is -2.19. The van der Waals surface area contributed by atoms with Crippen molar-refractivity contribution in [3.63, 3.8) is 0 Å². The van der Waals surface area contributed by atoms with Crippen molar-refractivity contribution in [2.24, 2.45) is 0 Å². The predicted octanol–water partition coefficient (Wildman–Crippen LogP) is 9.04. The molecule has 39 heavy (non-hydrogen) atoms. The average Bonchev–Trinajstić information content (AvgIpc) is 3.25. The van der Waals surface area contributed by atoms with E-state index in [2.05, 4.69) is 49.6 Å². The van der Waals surface area contributed by atoms with E-state index in [0.29, 0.717) is 28.0 Å². The number of aromatic nitrogens is 2. The zero-order chi connectivity index (χ0) is 27.6. The topological polar surface area (TPSA) is 44.1 Å². The van der Waals surface area contributed by atoms with Crippen LogP contribution >= 0.6 is 23.2 Å². The van der Waals surface area contributed by atoms with Crippen molar-refractivity contribution in [1.82, 2.24) is 9.55 Å². The summed E-state index contributed by atoms with van der Waals surface area (Å²) in [6.07, 6.45) is 1.76. The number of imidazole rings is 1. The van der Waals surface area contributed by atoms with Crippen LogP contribution in [0.5, 0.6) is 0 Å². The van der Waals surface area contributed by atoms with Crippen LogP contribution in [0.3, 0.4) is 0 Å². The maximum atomic E-state index is 13.2. The minimum absolute atomic E-state index is 0.0729. The molecular formula is C33H28Cl2N2O2. The molecule has 0 radical (unpaired) electrons. The van der Waals surface area contributed by atoms with Crippen LogP contribution in [0.2, 0.25) is 10.0 Å². The summed E-state index contributed by atoms with van der Waals surface area (Å²) in [7, 11) is 0. The van der Waals surface area contributed by atoms with E-state index in [1.54, 1.807) is 36.4 Å². The Morgan fingerprint density at radius 2 is 1.41 bits per heavy atom. The first-order valence-corrected chi connectivity index (χ1v) is 13.4. The molecule has 4 nitrogen and oxygen atoms in total. The molecule has 0 saturated heterocycles. The van der Waals surface area contributed by atoms with Crippen molar-refractivity contribution in [2.75, 3.05) is 0 Å². The zero-order valence-electron chi connectivity index (χ0n) is 22.0. The summed E-state index contributed by atoms with van der Waals surface area (Å²) in [6, 6.07) is 30.6. The molecule has 4 aromatic carbocycles. The second kappa shape index (κ2) is 11.1.